The zero-order chi connectivity index (χ0) is 30.6. The molecule has 0 aliphatic heterocycles. The molecule has 5 aromatic rings. The average molecular weight is 641 g/mol. The van der Waals surface area contributed by atoms with Gasteiger partial charge in [-0.25, -0.2) is 18.9 Å². The number of hydrogen-bond acceptors (Lipinski definition) is 7. The monoisotopic (exact) mass is 639 g/mol. The van der Waals surface area contributed by atoms with E-state index in [1.807, 2.05) is 24.3 Å². The molecule has 0 fully saturated rings. The Morgan fingerprint density at radius 3 is 2.37 bits per heavy atom. The highest BCUT2D eigenvalue weighted by Crippen LogP contribution is 2.31. The number of aromatic nitrogens is 2. The lowest BCUT2D eigenvalue weighted by Crippen LogP contribution is -2.20. The number of amides is 2. The SMILES string of the molecule is O=C(CCOc1ccc(NS(=O)(=O)c2ccc(C(=O)Nc3ccc(Cl)c(-c4nc5ccccc5[nH]4)c3)c(Cl)c2)cc1)NO. The van der Waals surface area contributed by atoms with E-state index in [1.165, 1.54) is 47.9 Å². The Balaban J connectivity index is 1.26. The first-order chi connectivity index (χ1) is 20.6. The number of carbonyl (C=O) groups excluding carboxylic acids is 2. The molecule has 0 unspecified atom stereocenters. The maximum absolute atomic E-state index is 13.1. The standard InChI is InChI=1S/C29H23Cl2N5O6S/c30-23-12-7-18(15-22(23)28-33-25-3-1-2-4-26(25)34-28)32-29(38)21-11-10-20(16-24(21)31)43(40,41)36-17-5-8-19(9-6-17)42-14-13-27(37)35-39/h1-12,15-16,36,39H,13-14H2,(H,32,38)(H,33,34)(H,35,37). The molecule has 11 nitrogen and oxygen atoms in total. The third-order valence-electron chi connectivity index (χ3n) is 6.19. The number of halogens is 2. The van der Waals surface area contributed by atoms with Crippen molar-refractivity contribution >= 4 is 67.4 Å². The molecule has 14 heteroatoms. The molecule has 0 saturated carbocycles. The Morgan fingerprint density at radius 2 is 1.65 bits per heavy atom. The van der Waals surface area contributed by atoms with Crippen LogP contribution in [0.3, 0.4) is 0 Å². The quantitative estimate of drug-likeness (QED) is 0.0943. The summed E-state index contributed by atoms with van der Waals surface area (Å²) in [6.45, 7) is 0.0242. The van der Waals surface area contributed by atoms with Gasteiger partial charge in [0, 0.05) is 16.9 Å². The number of hydrogen-bond donors (Lipinski definition) is 5. The van der Waals surface area contributed by atoms with Gasteiger partial charge in [-0.05, 0) is 72.8 Å². The number of H-pyrrole nitrogens is 1. The number of anilines is 2. The third-order valence-corrected chi connectivity index (χ3v) is 8.21. The van der Waals surface area contributed by atoms with Gasteiger partial charge < -0.3 is 15.0 Å². The Morgan fingerprint density at radius 1 is 0.907 bits per heavy atom. The van der Waals surface area contributed by atoms with Crippen molar-refractivity contribution in [1.82, 2.24) is 15.4 Å². The highest BCUT2D eigenvalue weighted by molar-refractivity contribution is 7.92. The fraction of sp³-hybridized carbons (Fsp3) is 0.0690. The second-order valence-electron chi connectivity index (χ2n) is 9.16. The molecule has 43 heavy (non-hydrogen) atoms. The molecule has 4 aromatic carbocycles. The van der Waals surface area contributed by atoms with Gasteiger partial charge in [-0.15, -0.1) is 0 Å². The van der Waals surface area contributed by atoms with Gasteiger partial charge in [-0.3, -0.25) is 19.5 Å². The molecule has 220 valence electrons. The van der Waals surface area contributed by atoms with Crippen LogP contribution in [0.25, 0.3) is 22.4 Å². The number of sulfonamides is 1. The molecule has 0 saturated heterocycles. The van der Waals surface area contributed by atoms with Crippen LogP contribution in [0.4, 0.5) is 11.4 Å². The van der Waals surface area contributed by atoms with Crippen molar-refractivity contribution in [2.45, 2.75) is 11.3 Å². The summed E-state index contributed by atoms with van der Waals surface area (Å²) in [7, 11) is -4.05. The van der Waals surface area contributed by atoms with Gasteiger partial charge in [0.2, 0.25) is 5.91 Å². The lowest BCUT2D eigenvalue weighted by molar-refractivity contribution is -0.129. The third kappa shape index (κ3) is 7.07. The first-order valence-electron chi connectivity index (χ1n) is 12.7. The Labute approximate surface area is 255 Å². The highest BCUT2D eigenvalue weighted by atomic mass is 35.5. The van der Waals surface area contributed by atoms with Gasteiger partial charge in [0.25, 0.3) is 15.9 Å². The largest absolute Gasteiger partial charge is 0.493 e. The number of nitrogens with zero attached hydrogens (tertiary/aromatic N) is 1. The predicted molar refractivity (Wildman–Crippen MR) is 163 cm³/mol. The summed E-state index contributed by atoms with van der Waals surface area (Å²) in [6, 6.07) is 22.2. The number of ether oxygens (including phenoxy) is 1. The molecule has 0 spiro atoms. The van der Waals surface area contributed by atoms with E-state index in [1.54, 1.807) is 18.2 Å². The highest BCUT2D eigenvalue weighted by Gasteiger charge is 2.19. The molecule has 0 bridgehead atoms. The van der Waals surface area contributed by atoms with E-state index in [4.69, 9.17) is 33.1 Å². The molecule has 0 atom stereocenters. The molecular formula is C29H23Cl2N5O6S. The van der Waals surface area contributed by atoms with Crippen LogP contribution in [-0.4, -0.2) is 42.0 Å². The summed E-state index contributed by atoms with van der Waals surface area (Å²) in [5.41, 5.74) is 4.45. The van der Waals surface area contributed by atoms with Crippen LogP contribution < -0.4 is 20.3 Å². The predicted octanol–water partition coefficient (Wildman–Crippen LogP) is 5.86. The van der Waals surface area contributed by atoms with Crippen molar-refractivity contribution in [3.63, 3.8) is 0 Å². The number of nitrogens with one attached hydrogen (secondary N) is 4. The molecule has 2 amide bonds. The van der Waals surface area contributed by atoms with Crippen LogP contribution in [0.1, 0.15) is 16.8 Å². The lowest BCUT2D eigenvalue weighted by atomic mass is 10.1. The topological polar surface area (TPSA) is 163 Å². The normalized spacial score (nSPS) is 11.2. The molecule has 0 radical (unpaired) electrons. The van der Waals surface area contributed by atoms with Crippen LogP contribution in [0.2, 0.25) is 10.0 Å². The summed E-state index contributed by atoms with van der Waals surface area (Å²) in [4.78, 5) is 31.7. The number of rotatable bonds is 10. The second-order valence-corrected chi connectivity index (χ2v) is 11.7. The second kappa shape index (κ2) is 12.7. The lowest BCUT2D eigenvalue weighted by Gasteiger charge is -2.12. The summed E-state index contributed by atoms with van der Waals surface area (Å²) >= 11 is 12.8. The van der Waals surface area contributed by atoms with Crippen LogP contribution in [-0.2, 0) is 14.8 Å². The van der Waals surface area contributed by atoms with Crippen molar-refractivity contribution in [3.05, 3.63) is 101 Å². The van der Waals surface area contributed by atoms with E-state index in [0.717, 1.165) is 11.0 Å². The molecule has 0 aliphatic carbocycles. The van der Waals surface area contributed by atoms with Gasteiger partial charge >= 0.3 is 0 Å². The van der Waals surface area contributed by atoms with Crippen molar-refractivity contribution < 1.29 is 28.0 Å². The van der Waals surface area contributed by atoms with E-state index < -0.39 is 21.8 Å². The van der Waals surface area contributed by atoms with Gasteiger partial charge in [0.05, 0.1) is 44.6 Å². The molecular weight excluding hydrogens is 617 g/mol. The van der Waals surface area contributed by atoms with Crippen molar-refractivity contribution in [3.8, 4) is 17.1 Å². The van der Waals surface area contributed by atoms with Crippen LogP contribution in [0.15, 0.2) is 89.8 Å². The van der Waals surface area contributed by atoms with E-state index in [9.17, 15) is 18.0 Å². The van der Waals surface area contributed by atoms with Gasteiger partial charge in [0.15, 0.2) is 0 Å². The number of para-hydroxylation sites is 2. The van der Waals surface area contributed by atoms with Gasteiger partial charge in [0.1, 0.15) is 11.6 Å². The van der Waals surface area contributed by atoms with Crippen molar-refractivity contribution in [2.75, 3.05) is 16.6 Å². The molecule has 5 rings (SSSR count). The number of hydroxylamine groups is 1. The summed E-state index contributed by atoms with van der Waals surface area (Å²) in [5, 5.41) is 11.6. The fourth-order valence-corrected chi connectivity index (χ4v) is 5.68. The molecule has 1 heterocycles. The van der Waals surface area contributed by atoms with Crippen LogP contribution in [0, 0.1) is 0 Å². The first-order valence-corrected chi connectivity index (χ1v) is 14.9. The minimum atomic E-state index is -4.05. The maximum atomic E-state index is 13.1. The minimum Gasteiger partial charge on any atom is -0.493 e. The zero-order valence-electron chi connectivity index (χ0n) is 22.1. The zero-order valence-corrected chi connectivity index (χ0v) is 24.4. The average Bonchev–Trinajstić information content (AvgIpc) is 3.43. The number of aromatic amines is 1. The van der Waals surface area contributed by atoms with Gasteiger partial charge in [-0.2, -0.15) is 0 Å². The Bertz CT molecular complexity index is 1900. The number of benzene rings is 4. The number of carbonyl (C=O) groups is 2. The smallest absolute Gasteiger partial charge is 0.261 e. The van der Waals surface area contributed by atoms with Gasteiger partial charge in [-0.1, -0.05) is 35.3 Å². The van der Waals surface area contributed by atoms with Crippen molar-refractivity contribution in [1.29, 1.82) is 0 Å². The number of imidazole rings is 1. The van der Waals surface area contributed by atoms with Crippen molar-refractivity contribution in [2.24, 2.45) is 0 Å². The summed E-state index contributed by atoms with van der Waals surface area (Å²) < 4.78 is 33.7. The van der Waals surface area contributed by atoms with E-state index in [2.05, 4.69) is 20.0 Å². The Hall–Kier alpha value is -4.62. The summed E-state index contributed by atoms with van der Waals surface area (Å²) in [6.07, 6.45) is -0.0527. The summed E-state index contributed by atoms with van der Waals surface area (Å²) in [5.74, 6) is -0.203. The van der Waals surface area contributed by atoms with E-state index >= 15 is 0 Å². The minimum absolute atomic E-state index is 0.0242. The Kier molecular flexibility index (Phi) is 8.83. The fourth-order valence-electron chi connectivity index (χ4n) is 4.06. The van der Waals surface area contributed by atoms with E-state index in [-0.39, 0.29) is 34.2 Å². The molecule has 0 aliphatic rings. The molecule has 5 N–H and O–H groups in total. The number of fused-ring (bicyclic) bond motifs is 1. The maximum Gasteiger partial charge on any atom is 0.261 e. The van der Waals surface area contributed by atoms with Crippen LogP contribution in [0.5, 0.6) is 5.75 Å². The first kappa shape index (κ1) is 29.9. The van der Waals surface area contributed by atoms with E-state index in [0.29, 0.717) is 27.8 Å². The molecule has 1 aromatic heterocycles. The van der Waals surface area contributed by atoms with Crippen LogP contribution >= 0.6 is 23.2 Å².